The Bertz CT molecular complexity index is 246. The summed E-state index contributed by atoms with van der Waals surface area (Å²) in [5.41, 5.74) is -0.0497. The molecule has 0 saturated carbocycles. The zero-order valence-corrected chi connectivity index (χ0v) is 11.3. The van der Waals surface area contributed by atoms with E-state index in [0.717, 1.165) is 25.9 Å². The van der Waals surface area contributed by atoms with Crippen molar-refractivity contribution in [1.82, 2.24) is 10.6 Å². The van der Waals surface area contributed by atoms with Gasteiger partial charge in [0.15, 0.2) is 0 Å². The summed E-state index contributed by atoms with van der Waals surface area (Å²) in [6.45, 7) is 8.38. The molecule has 0 bridgehead atoms. The van der Waals surface area contributed by atoms with Gasteiger partial charge in [0, 0.05) is 13.1 Å². The molecule has 0 aromatic carbocycles. The quantitative estimate of drug-likeness (QED) is 0.671. The molecule has 0 aromatic heterocycles. The highest BCUT2D eigenvalue weighted by molar-refractivity contribution is 5.79. The first-order valence-corrected chi connectivity index (χ1v) is 6.57. The van der Waals surface area contributed by atoms with E-state index < -0.39 is 0 Å². The molecule has 0 aliphatic carbocycles. The third-order valence-electron chi connectivity index (χ3n) is 3.26. The van der Waals surface area contributed by atoms with Crippen molar-refractivity contribution < 1.29 is 9.90 Å². The summed E-state index contributed by atoms with van der Waals surface area (Å²) in [5.74, 6) is 0.266. The largest absolute Gasteiger partial charge is 0.393 e. The van der Waals surface area contributed by atoms with Crippen molar-refractivity contribution in [3.05, 3.63) is 0 Å². The molecule has 100 valence electrons. The fourth-order valence-corrected chi connectivity index (χ4v) is 2.42. The van der Waals surface area contributed by atoms with Crippen molar-refractivity contribution in [3.63, 3.8) is 0 Å². The second-order valence-corrected chi connectivity index (χ2v) is 5.98. The van der Waals surface area contributed by atoms with Crippen LogP contribution >= 0.6 is 0 Å². The van der Waals surface area contributed by atoms with Crippen LogP contribution in [0, 0.1) is 11.3 Å². The lowest BCUT2D eigenvalue weighted by molar-refractivity contribution is -0.126. The van der Waals surface area contributed by atoms with Crippen LogP contribution in [0.5, 0.6) is 0 Å². The van der Waals surface area contributed by atoms with Gasteiger partial charge in [-0.3, -0.25) is 4.79 Å². The molecular weight excluding hydrogens is 216 g/mol. The van der Waals surface area contributed by atoms with Gasteiger partial charge in [0.2, 0.25) is 5.91 Å². The molecule has 17 heavy (non-hydrogen) atoms. The van der Waals surface area contributed by atoms with Crippen LogP contribution in [0.2, 0.25) is 0 Å². The molecule has 1 heterocycles. The van der Waals surface area contributed by atoms with Crippen LogP contribution in [-0.2, 0) is 4.79 Å². The van der Waals surface area contributed by atoms with Crippen molar-refractivity contribution in [2.24, 2.45) is 11.3 Å². The maximum absolute atomic E-state index is 11.9. The van der Waals surface area contributed by atoms with E-state index in [2.05, 4.69) is 24.5 Å². The number of nitrogens with one attached hydrogen (secondary N) is 2. The van der Waals surface area contributed by atoms with Crippen LogP contribution in [-0.4, -0.2) is 36.8 Å². The first-order valence-electron chi connectivity index (χ1n) is 6.57. The fraction of sp³-hybridized carbons (Fsp3) is 0.923. The topological polar surface area (TPSA) is 61.4 Å². The van der Waals surface area contributed by atoms with Gasteiger partial charge in [-0.1, -0.05) is 13.8 Å². The van der Waals surface area contributed by atoms with E-state index in [1.165, 1.54) is 0 Å². The van der Waals surface area contributed by atoms with Crippen molar-refractivity contribution in [1.29, 1.82) is 0 Å². The van der Waals surface area contributed by atoms with Crippen LogP contribution in [0.3, 0.4) is 0 Å². The molecule has 0 aromatic rings. The summed E-state index contributed by atoms with van der Waals surface area (Å²) in [6.07, 6.45) is 2.44. The third kappa shape index (κ3) is 5.50. The number of aliphatic hydroxyl groups excluding tert-OH is 1. The van der Waals surface area contributed by atoms with E-state index in [1.54, 1.807) is 6.92 Å². The first-order chi connectivity index (χ1) is 7.91. The number of carbonyl (C=O) groups excluding carboxylic acids is 1. The average Bonchev–Trinajstić information content (AvgIpc) is 2.25. The lowest BCUT2D eigenvalue weighted by Gasteiger charge is -2.28. The lowest BCUT2D eigenvalue weighted by atomic mass is 9.86. The number of aliphatic hydroxyl groups is 1. The third-order valence-corrected chi connectivity index (χ3v) is 3.26. The van der Waals surface area contributed by atoms with Gasteiger partial charge in [-0.25, -0.2) is 0 Å². The molecule has 0 radical (unpaired) electrons. The van der Waals surface area contributed by atoms with Gasteiger partial charge in [-0.05, 0) is 38.1 Å². The molecule has 1 rings (SSSR count). The monoisotopic (exact) mass is 242 g/mol. The van der Waals surface area contributed by atoms with Crippen molar-refractivity contribution in [3.8, 4) is 0 Å². The molecule has 2 atom stereocenters. The van der Waals surface area contributed by atoms with Gasteiger partial charge in [0.25, 0.3) is 0 Å². The van der Waals surface area contributed by atoms with Gasteiger partial charge in [0.05, 0.1) is 12.0 Å². The number of hydrogen-bond donors (Lipinski definition) is 3. The molecule has 1 saturated heterocycles. The molecule has 1 amide bonds. The zero-order valence-electron chi connectivity index (χ0n) is 11.3. The molecule has 3 N–H and O–H groups in total. The Labute approximate surface area is 104 Å². The maximum atomic E-state index is 11.9. The van der Waals surface area contributed by atoms with Gasteiger partial charge < -0.3 is 15.7 Å². The molecule has 0 spiro atoms. The lowest BCUT2D eigenvalue weighted by Crippen LogP contribution is -2.43. The van der Waals surface area contributed by atoms with Gasteiger partial charge in [-0.15, -0.1) is 0 Å². The highest BCUT2D eigenvalue weighted by Crippen LogP contribution is 2.21. The van der Waals surface area contributed by atoms with Crippen LogP contribution in [0.25, 0.3) is 0 Å². The van der Waals surface area contributed by atoms with E-state index in [4.69, 9.17) is 0 Å². The normalized spacial score (nSPS) is 23.2. The highest BCUT2D eigenvalue weighted by atomic mass is 16.3. The van der Waals surface area contributed by atoms with Crippen molar-refractivity contribution >= 4 is 5.91 Å². The average molecular weight is 242 g/mol. The molecule has 1 aliphatic rings. The number of hydrogen-bond acceptors (Lipinski definition) is 3. The second-order valence-electron chi connectivity index (χ2n) is 5.98. The van der Waals surface area contributed by atoms with Crippen LogP contribution in [0.1, 0.15) is 40.0 Å². The molecule has 2 unspecified atom stereocenters. The molecule has 1 fully saturated rings. The maximum Gasteiger partial charge on any atom is 0.224 e. The Kier molecular flexibility index (Phi) is 5.40. The van der Waals surface area contributed by atoms with Gasteiger partial charge in [-0.2, -0.15) is 0 Å². The summed E-state index contributed by atoms with van der Waals surface area (Å²) in [6, 6.07) is 0. The first kappa shape index (κ1) is 14.5. The minimum absolute atomic E-state index is 0.0497. The summed E-state index contributed by atoms with van der Waals surface area (Å²) in [4.78, 5) is 11.9. The zero-order chi connectivity index (χ0) is 12.9. The highest BCUT2D eigenvalue weighted by Gasteiger charge is 2.25. The smallest absolute Gasteiger partial charge is 0.224 e. The van der Waals surface area contributed by atoms with E-state index in [-0.39, 0.29) is 23.3 Å². The minimum Gasteiger partial charge on any atom is -0.393 e. The fourth-order valence-electron chi connectivity index (χ4n) is 2.42. The summed E-state index contributed by atoms with van der Waals surface area (Å²) in [7, 11) is 0. The summed E-state index contributed by atoms with van der Waals surface area (Å²) < 4.78 is 0. The molecular formula is C13H26N2O2. The minimum atomic E-state index is -0.321. The number of amides is 1. The molecule has 1 aliphatic heterocycles. The standard InChI is InChI=1S/C13H26N2O2/c1-10(16)7-13(2,3)9-15-12(17)11-5-4-6-14-8-11/h10-11,14,16H,4-9H2,1-3H3,(H,15,17). The predicted octanol–water partition coefficient (Wildman–Crippen LogP) is 0.899. The Balaban J connectivity index is 2.31. The van der Waals surface area contributed by atoms with Crippen molar-refractivity contribution in [2.75, 3.05) is 19.6 Å². The second kappa shape index (κ2) is 6.36. The van der Waals surface area contributed by atoms with Gasteiger partial charge >= 0.3 is 0 Å². The van der Waals surface area contributed by atoms with E-state index in [0.29, 0.717) is 13.0 Å². The Hall–Kier alpha value is -0.610. The summed E-state index contributed by atoms with van der Waals surface area (Å²) >= 11 is 0. The Morgan fingerprint density at radius 3 is 2.82 bits per heavy atom. The number of rotatable bonds is 5. The number of piperidine rings is 1. The van der Waals surface area contributed by atoms with Crippen molar-refractivity contribution in [2.45, 2.75) is 46.1 Å². The Morgan fingerprint density at radius 1 is 1.59 bits per heavy atom. The SMILES string of the molecule is CC(O)CC(C)(C)CNC(=O)C1CCCNC1. The molecule has 4 heteroatoms. The molecule has 4 nitrogen and oxygen atoms in total. The summed E-state index contributed by atoms with van der Waals surface area (Å²) in [5, 5.41) is 15.6. The predicted molar refractivity (Wildman–Crippen MR) is 68.7 cm³/mol. The van der Waals surface area contributed by atoms with Gasteiger partial charge in [0.1, 0.15) is 0 Å². The Morgan fingerprint density at radius 2 is 2.29 bits per heavy atom. The number of carbonyl (C=O) groups is 1. The van der Waals surface area contributed by atoms with E-state index >= 15 is 0 Å². The van der Waals surface area contributed by atoms with E-state index in [1.807, 2.05) is 0 Å². The van der Waals surface area contributed by atoms with Crippen LogP contribution in [0.4, 0.5) is 0 Å². The van der Waals surface area contributed by atoms with E-state index in [9.17, 15) is 9.90 Å². The van der Waals surface area contributed by atoms with Crippen LogP contribution in [0.15, 0.2) is 0 Å². The van der Waals surface area contributed by atoms with Crippen LogP contribution < -0.4 is 10.6 Å².